The van der Waals surface area contributed by atoms with Crippen molar-refractivity contribution in [2.75, 3.05) is 13.2 Å². The summed E-state index contributed by atoms with van der Waals surface area (Å²) in [6.45, 7) is 8.41. The Morgan fingerprint density at radius 2 is 2.00 bits per heavy atom. The van der Waals surface area contributed by atoms with Gasteiger partial charge in [0.15, 0.2) is 0 Å². The Balaban J connectivity index is 1.93. The molecular weight excluding hydrogens is 290 g/mol. The molecule has 4 unspecified atom stereocenters. The predicted octanol–water partition coefficient (Wildman–Crippen LogP) is 4.12. The lowest BCUT2D eigenvalue weighted by atomic mass is 9.72. The normalized spacial score (nSPS) is 29.3. The zero-order valence-electron chi connectivity index (χ0n) is 15.4. The molecule has 1 amide bonds. The highest BCUT2D eigenvalue weighted by Gasteiger charge is 2.43. The first-order chi connectivity index (χ1) is 10.8. The summed E-state index contributed by atoms with van der Waals surface area (Å²) in [5, 5.41) is 13.0. The molecular formula is C19H35NO3. The second-order valence-corrected chi connectivity index (χ2v) is 8.90. The van der Waals surface area contributed by atoms with Crippen molar-refractivity contribution in [3.05, 3.63) is 0 Å². The topological polar surface area (TPSA) is 58.6 Å². The molecule has 4 nitrogen and oxygen atoms in total. The second kappa shape index (κ2) is 7.42. The molecule has 2 N–H and O–H groups in total. The maximum atomic E-state index is 12.0. The molecule has 2 aliphatic carbocycles. The van der Waals surface area contributed by atoms with Crippen LogP contribution >= 0.6 is 0 Å². The van der Waals surface area contributed by atoms with Crippen molar-refractivity contribution in [2.45, 2.75) is 78.2 Å². The summed E-state index contributed by atoms with van der Waals surface area (Å²) >= 11 is 0. The highest BCUT2D eigenvalue weighted by atomic mass is 16.6. The molecule has 23 heavy (non-hydrogen) atoms. The van der Waals surface area contributed by atoms with E-state index in [2.05, 4.69) is 12.2 Å². The van der Waals surface area contributed by atoms with Crippen molar-refractivity contribution in [3.8, 4) is 0 Å². The lowest BCUT2D eigenvalue weighted by molar-refractivity contribution is 0.0392. The van der Waals surface area contributed by atoms with Gasteiger partial charge in [-0.2, -0.15) is 0 Å². The lowest BCUT2D eigenvalue weighted by Crippen LogP contribution is -2.43. The first-order valence-electron chi connectivity index (χ1n) is 9.34. The van der Waals surface area contributed by atoms with E-state index in [1.807, 2.05) is 20.8 Å². The van der Waals surface area contributed by atoms with Crippen LogP contribution in [0, 0.1) is 23.2 Å². The Hall–Kier alpha value is -0.770. The number of carbonyl (C=O) groups excluding carboxylic acids is 1. The zero-order valence-corrected chi connectivity index (χ0v) is 15.4. The molecule has 0 aliphatic heterocycles. The number of ether oxygens (including phenoxy) is 1. The first-order valence-corrected chi connectivity index (χ1v) is 9.34. The van der Waals surface area contributed by atoms with Gasteiger partial charge in [0.25, 0.3) is 0 Å². The molecule has 134 valence electrons. The molecule has 0 aromatic rings. The fourth-order valence-electron chi connectivity index (χ4n) is 4.75. The summed E-state index contributed by atoms with van der Waals surface area (Å²) in [5.41, 5.74) is -0.678. The minimum Gasteiger partial charge on any atom is -0.444 e. The Morgan fingerprint density at radius 3 is 2.48 bits per heavy atom. The maximum Gasteiger partial charge on any atom is 0.407 e. The van der Waals surface area contributed by atoms with Crippen molar-refractivity contribution < 1.29 is 14.6 Å². The summed E-state index contributed by atoms with van der Waals surface area (Å²) in [7, 11) is 0. The molecule has 2 aliphatic rings. The van der Waals surface area contributed by atoms with Gasteiger partial charge in [0.1, 0.15) is 5.60 Å². The van der Waals surface area contributed by atoms with Gasteiger partial charge in [-0.05, 0) is 70.6 Å². The molecule has 2 bridgehead atoms. The average Bonchev–Trinajstić information content (AvgIpc) is 3.05. The number of hydrogen-bond donors (Lipinski definition) is 2. The van der Waals surface area contributed by atoms with Crippen molar-refractivity contribution >= 4 is 6.09 Å². The highest BCUT2D eigenvalue weighted by Crippen LogP contribution is 2.52. The zero-order chi connectivity index (χ0) is 17.1. The van der Waals surface area contributed by atoms with E-state index in [0.29, 0.717) is 6.54 Å². The van der Waals surface area contributed by atoms with Gasteiger partial charge >= 0.3 is 6.09 Å². The number of aliphatic hydroxyl groups is 1. The van der Waals surface area contributed by atoms with Crippen LogP contribution < -0.4 is 5.32 Å². The molecule has 4 heteroatoms. The smallest absolute Gasteiger partial charge is 0.407 e. The lowest BCUT2D eigenvalue weighted by Gasteiger charge is -2.37. The second-order valence-electron chi connectivity index (χ2n) is 8.90. The molecule has 2 saturated carbocycles. The molecule has 2 fully saturated rings. The van der Waals surface area contributed by atoms with Crippen LogP contribution in [0.1, 0.15) is 72.6 Å². The SMILES string of the molecule is CCCC(CO)(CNC(=O)OC(C)(C)C)CC1CC2CCC1C2. The van der Waals surface area contributed by atoms with Gasteiger partial charge in [0, 0.05) is 12.0 Å². The van der Waals surface area contributed by atoms with Crippen LogP contribution in [0.15, 0.2) is 0 Å². The quantitative estimate of drug-likeness (QED) is 0.740. The van der Waals surface area contributed by atoms with E-state index in [-0.39, 0.29) is 18.1 Å². The van der Waals surface area contributed by atoms with Crippen molar-refractivity contribution in [2.24, 2.45) is 23.2 Å². The Labute approximate surface area is 141 Å². The van der Waals surface area contributed by atoms with Crippen LogP contribution in [0.25, 0.3) is 0 Å². The largest absolute Gasteiger partial charge is 0.444 e. The average molecular weight is 325 g/mol. The molecule has 0 saturated heterocycles. The van der Waals surface area contributed by atoms with Gasteiger partial charge in [-0.3, -0.25) is 0 Å². The number of alkyl carbamates (subject to hydrolysis) is 1. The fourth-order valence-corrected chi connectivity index (χ4v) is 4.75. The van der Waals surface area contributed by atoms with E-state index in [1.165, 1.54) is 25.7 Å². The van der Waals surface area contributed by atoms with Gasteiger partial charge in [-0.25, -0.2) is 4.79 Å². The van der Waals surface area contributed by atoms with E-state index in [9.17, 15) is 9.90 Å². The summed E-state index contributed by atoms with van der Waals surface area (Å²) < 4.78 is 5.34. The Morgan fingerprint density at radius 1 is 1.26 bits per heavy atom. The van der Waals surface area contributed by atoms with Gasteiger partial charge in [-0.15, -0.1) is 0 Å². The molecule has 0 heterocycles. The van der Waals surface area contributed by atoms with Crippen LogP contribution in [0.5, 0.6) is 0 Å². The third-order valence-electron chi connectivity index (χ3n) is 5.70. The number of carbonyl (C=O) groups is 1. The summed E-state index contributed by atoms with van der Waals surface area (Å²) in [6, 6.07) is 0. The fraction of sp³-hybridized carbons (Fsp3) is 0.947. The third kappa shape index (κ3) is 5.10. The van der Waals surface area contributed by atoms with E-state index in [0.717, 1.165) is 37.0 Å². The number of aliphatic hydroxyl groups excluding tert-OH is 1. The van der Waals surface area contributed by atoms with E-state index >= 15 is 0 Å². The minimum absolute atomic E-state index is 0.143. The first kappa shape index (κ1) is 18.6. The van der Waals surface area contributed by atoms with Crippen molar-refractivity contribution in [1.82, 2.24) is 5.32 Å². The van der Waals surface area contributed by atoms with Crippen LogP contribution in [-0.2, 0) is 4.74 Å². The van der Waals surface area contributed by atoms with E-state index < -0.39 is 5.60 Å². The Kier molecular flexibility index (Phi) is 5.99. The molecule has 0 aromatic heterocycles. The van der Waals surface area contributed by atoms with Crippen molar-refractivity contribution in [1.29, 1.82) is 0 Å². The summed E-state index contributed by atoms with van der Waals surface area (Å²) in [4.78, 5) is 12.0. The standard InChI is InChI=1S/C19H35NO3/c1-5-8-19(13-21,12-20-17(22)23-18(2,3)4)11-16-10-14-6-7-15(16)9-14/h14-16,21H,5-13H2,1-4H3,(H,20,22). The Bertz CT molecular complexity index is 404. The number of rotatable bonds is 7. The number of nitrogens with one attached hydrogen (secondary N) is 1. The molecule has 0 aromatic carbocycles. The number of hydrogen-bond acceptors (Lipinski definition) is 3. The minimum atomic E-state index is -0.485. The van der Waals surface area contributed by atoms with Crippen LogP contribution in [0.3, 0.4) is 0 Å². The predicted molar refractivity (Wildman–Crippen MR) is 92.2 cm³/mol. The summed E-state index contributed by atoms with van der Waals surface area (Å²) in [5.74, 6) is 2.50. The molecule has 0 radical (unpaired) electrons. The summed E-state index contributed by atoms with van der Waals surface area (Å²) in [6.07, 6.45) is 8.11. The molecule has 2 rings (SSSR count). The van der Waals surface area contributed by atoms with E-state index in [1.54, 1.807) is 0 Å². The third-order valence-corrected chi connectivity index (χ3v) is 5.70. The molecule has 0 spiro atoms. The van der Waals surface area contributed by atoms with E-state index in [4.69, 9.17) is 4.74 Å². The van der Waals surface area contributed by atoms with Crippen LogP contribution in [-0.4, -0.2) is 30.0 Å². The van der Waals surface area contributed by atoms with Crippen LogP contribution in [0.2, 0.25) is 0 Å². The van der Waals surface area contributed by atoms with Crippen LogP contribution in [0.4, 0.5) is 4.79 Å². The van der Waals surface area contributed by atoms with Gasteiger partial charge < -0.3 is 15.2 Å². The molecule has 4 atom stereocenters. The number of amides is 1. The van der Waals surface area contributed by atoms with Gasteiger partial charge in [0.05, 0.1) is 6.61 Å². The van der Waals surface area contributed by atoms with Crippen molar-refractivity contribution in [3.63, 3.8) is 0 Å². The van der Waals surface area contributed by atoms with Gasteiger partial charge in [-0.1, -0.05) is 19.8 Å². The monoisotopic (exact) mass is 325 g/mol. The number of fused-ring (bicyclic) bond motifs is 2. The maximum absolute atomic E-state index is 12.0. The van der Waals surface area contributed by atoms with Gasteiger partial charge in [0.2, 0.25) is 0 Å². The highest BCUT2D eigenvalue weighted by molar-refractivity contribution is 5.67.